The average molecular weight is 486 g/mol. The van der Waals surface area contributed by atoms with Crippen molar-refractivity contribution in [1.82, 2.24) is 5.32 Å². The van der Waals surface area contributed by atoms with Gasteiger partial charge in [-0.3, -0.25) is 5.32 Å². The van der Waals surface area contributed by atoms with Crippen molar-refractivity contribution < 1.29 is 38.6 Å². The predicted octanol–water partition coefficient (Wildman–Crippen LogP) is 0.716. The third-order valence-electron chi connectivity index (χ3n) is 7.15. The standard InChI is InChI=1S/C26H31NO8/c28-21-19(25-32-13-17(34-25)23(21)30-11-15-7-3-1-4-8-15)27-20-22(29)24(18-14-33-26(20)35-18)31-12-16-9-5-2-6-10-16/h1-10,17-29H,11-14H2/t17?,18?,19-,20-,21+,22+,23+,24+,25+,26+/m0/s1. The lowest BCUT2D eigenvalue weighted by Gasteiger charge is -2.44. The Morgan fingerprint density at radius 3 is 1.54 bits per heavy atom. The molecule has 0 saturated carbocycles. The third-order valence-corrected chi connectivity index (χ3v) is 7.15. The Labute approximate surface area is 203 Å². The van der Waals surface area contributed by atoms with Crippen LogP contribution in [0.1, 0.15) is 11.1 Å². The molecule has 2 unspecified atom stereocenters. The number of nitrogens with one attached hydrogen (secondary N) is 1. The van der Waals surface area contributed by atoms with Crippen molar-refractivity contribution in [3.05, 3.63) is 71.8 Å². The first-order chi connectivity index (χ1) is 17.2. The molecule has 0 aliphatic carbocycles. The fraction of sp³-hybridized carbons (Fsp3) is 0.538. The topological polar surface area (TPSA) is 108 Å². The van der Waals surface area contributed by atoms with Crippen molar-refractivity contribution in [3.63, 3.8) is 0 Å². The third kappa shape index (κ3) is 4.76. The van der Waals surface area contributed by atoms with Gasteiger partial charge >= 0.3 is 0 Å². The molecule has 4 aliphatic heterocycles. The van der Waals surface area contributed by atoms with E-state index in [1.54, 1.807) is 0 Å². The van der Waals surface area contributed by atoms with Crippen LogP contribution in [0.25, 0.3) is 0 Å². The van der Waals surface area contributed by atoms with Crippen molar-refractivity contribution in [1.29, 1.82) is 0 Å². The van der Waals surface area contributed by atoms with E-state index >= 15 is 0 Å². The molecule has 4 fully saturated rings. The number of fused-ring (bicyclic) bond motifs is 4. The van der Waals surface area contributed by atoms with E-state index < -0.39 is 49.1 Å². The summed E-state index contributed by atoms with van der Waals surface area (Å²) in [6, 6.07) is 18.3. The van der Waals surface area contributed by atoms with Crippen LogP contribution in [-0.2, 0) is 41.6 Å². The maximum absolute atomic E-state index is 11.2. The van der Waals surface area contributed by atoms with Gasteiger partial charge < -0.3 is 38.6 Å². The largest absolute Gasteiger partial charge is 0.388 e. The van der Waals surface area contributed by atoms with E-state index in [0.29, 0.717) is 26.4 Å². The number of rotatable bonds is 8. The monoisotopic (exact) mass is 485 g/mol. The highest BCUT2D eigenvalue weighted by atomic mass is 16.7. The molecule has 0 amide bonds. The molecule has 3 N–H and O–H groups in total. The summed E-state index contributed by atoms with van der Waals surface area (Å²) in [4.78, 5) is 0. The fourth-order valence-electron chi connectivity index (χ4n) is 5.29. The lowest BCUT2D eigenvalue weighted by Crippen LogP contribution is -2.68. The lowest BCUT2D eigenvalue weighted by atomic mass is 9.94. The van der Waals surface area contributed by atoms with Gasteiger partial charge in [0.15, 0.2) is 12.6 Å². The molecule has 35 heavy (non-hydrogen) atoms. The van der Waals surface area contributed by atoms with E-state index in [-0.39, 0.29) is 12.2 Å². The van der Waals surface area contributed by atoms with E-state index in [9.17, 15) is 10.2 Å². The van der Waals surface area contributed by atoms with Crippen LogP contribution in [0.2, 0.25) is 0 Å². The minimum Gasteiger partial charge on any atom is -0.388 e. The minimum atomic E-state index is -0.917. The quantitative estimate of drug-likeness (QED) is 0.498. The van der Waals surface area contributed by atoms with Gasteiger partial charge in [-0.1, -0.05) is 60.7 Å². The normalized spacial score (nSPS) is 40.2. The van der Waals surface area contributed by atoms with Crippen LogP contribution in [0.4, 0.5) is 0 Å². The summed E-state index contributed by atoms with van der Waals surface area (Å²) < 4.78 is 35.8. The first-order valence-corrected chi connectivity index (χ1v) is 12.1. The molecule has 4 aliphatic rings. The van der Waals surface area contributed by atoms with Gasteiger partial charge in [-0.15, -0.1) is 0 Å². The van der Waals surface area contributed by atoms with Crippen LogP contribution >= 0.6 is 0 Å². The highest BCUT2D eigenvalue weighted by Gasteiger charge is 2.56. The molecular formula is C26H31NO8. The molecule has 10 atom stereocenters. The Hall–Kier alpha value is -1.92. The second-order valence-electron chi connectivity index (χ2n) is 9.47. The SMILES string of the molecule is O[C@@H]1[C@H](N[C@@H]2[C@@H]3OCC(O3)[C@@H](OCc3ccccc3)[C@@H]2O)[C@@H]2OCC(O2)[C@H]1OCc1ccccc1. The number of aliphatic hydroxyl groups excluding tert-OH is 2. The Morgan fingerprint density at radius 1 is 0.686 bits per heavy atom. The van der Waals surface area contributed by atoms with E-state index in [2.05, 4.69) is 5.32 Å². The molecule has 4 heterocycles. The van der Waals surface area contributed by atoms with Crippen molar-refractivity contribution in [2.75, 3.05) is 13.2 Å². The van der Waals surface area contributed by atoms with Gasteiger partial charge in [-0.2, -0.15) is 0 Å². The van der Waals surface area contributed by atoms with Crippen LogP contribution in [0.5, 0.6) is 0 Å². The Kier molecular flexibility index (Phi) is 6.85. The molecule has 6 rings (SSSR count). The summed E-state index contributed by atoms with van der Waals surface area (Å²) in [7, 11) is 0. The molecule has 4 saturated heterocycles. The van der Waals surface area contributed by atoms with E-state index in [4.69, 9.17) is 28.4 Å². The van der Waals surface area contributed by atoms with Gasteiger partial charge in [-0.25, -0.2) is 0 Å². The molecule has 9 heteroatoms. The maximum Gasteiger partial charge on any atom is 0.176 e. The number of ether oxygens (including phenoxy) is 6. The van der Waals surface area contributed by atoms with Crippen LogP contribution in [0, 0.1) is 0 Å². The second-order valence-corrected chi connectivity index (χ2v) is 9.47. The molecule has 4 bridgehead atoms. The highest BCUT2D eigenvalue weighted by molar-refractivity contribution is 5.15. The van der Waals surface area contributed by atoms with Crippen LogP contribution in [0.3, 0.4) is 0 Å². The molecule has 0 aromatic heterocycles. The van der Waals surface area contributed by atoms with Gasteiger partial charge in [0.2, 0.25) is 0 Å². The predicted molar refractivity (Wildman–Crippen MR) is 122 cm³/mol. The number of aliphatic hydroxyl groups is 2. The fourth-order valence-corrected chi connectivity index (χ4v) is 5.29. The van der Waals surface area contributed by atoms with Gasteiger partial charge in [0.05, 0.1) is 38.5 Å². The summed E-state index contributed by atoms with van der Waals surface area (Å²) >= 11 is 0. The summed E-state index contributed by atoms with van der Waals surface area (Å²) in [5, 5.41) is 25.8. The van der Waals surface area contributed by atoms with E-state index in [0.717, 1.165) is 11.1 Å². The minimum absolute atomic E-state index is 0.327. The summed E-state index contributed by atoms with van der Waals surface area (Å²) in [5.74, 6) is 0. The molecule has 0 radical (unpaired) electrons. The molecule has 0 spiro atoms. The molecule has 2 aromatic carbocycles. The Bertz CT molecular complexity index is 887. The lowest BCUT2D eigenvalue weighted by molar-refractivity contribution is -0.229. The zero-order valence-corrected chi connectivity index (χ0v) is 19.2. The highest BCUT2D eigenvalue weighted by Crippen LogP contribution is 2.35. The van der Waals surface area contributed by atoms with Crippen LogP contribution in [0.15, 0.2) is 60.7 Å². The summed E-state index contributed by atoms with van der Waals surface area (Å²) in [6.07, 6.45) is -5.06. The van der Waals surface area contributed by atoms with Crippen LogP contribution in [-0.4, -0.2) is 84.7 Å². The number of benzene rings is 2. The summed E-state index contributed by atoms with van der Waals surface area (Å²) in [6.45, 7) is 1.34. The zero-order valence-electron chi connectivity index (χ0n) is 19.2. The van der Waals surface area contributed by atoms with Gasteiger partial charge in [0, 0.05) is 0 Å². The number of hydrogen-bond donors (Lipinski definition) is 3. The Morgan fingerprint density at radius 2 is 1.11 bits per heavy atom. The van der Waals surface area contributed by atoms with Gasteiger partial charge in [0.25, 0.3) is 0 Å². The maximum atomic E-state index is 11.2. The van der Waals surface area contributed by atoms with E-state index in [1.807, 2.05) is 60.7 Å². The van der Waals surface area contributed by atoms with E-state index in [1.165, 1.54) is 0 Å². The smallest absolute Gasteiger partial charge is 0.176 e. The van der Waals surface area contributed by atoms with Gasteiger partial charge in [-0.05, 0) is 11.1 Å². The molecule has 2 aromatic rings. The average Bonchev–Trinajstić information content (AvgIpc) is 3.52. The second kappa shape index (κ2) is 10.2. The Balaban J connectivity index is 1.13. The zero-order chi connectivity index (χ0) is 23.8. The summed E-state index contributed by atoms with van der Waals surface area (Å²) in [5.41, 5.74) is 2.01. The van der Waals surface area contributed by atoms with Crippen molar-refractivity contribution in [3.8, 4) is 0 Å². The molecule has 9 nitrogen and oxygen atoms in total. The first-order valence-electron chi connectivity index (χ1n) is 12.1. The van der Waals surface area contributed by atoms with Gasteiger partial charge in [0.1, 0.15) is 36.6 Å². The van der Waals surface area contributed by atoms with Crippen molar-refractivity contribution in [2.45, 2.75) is 74.5 Å². The van der Waals surface area contributed by atoms with Crippen molar-refractivity contribution in [2.24, 2.45) is 0 Å². The first kappa shape index (κ1) is 23.5. The number of hydrogen-bond acceptors (Lipinski definition) is 9. The van der Waals surface area contributed by atoms with Crippen molar-refractivity contribution >= 4 is 0 Å². The molecule has 188 valence electrons. The van der Waals surface area contributed by atoms with Crippen LogP contribution < -0.4 is 5.32 Å². The molecular weight excluding hydrogens is 454 g/mol.